The Hall–Kier alpha value is -1.63. The first-order chi connectivity index (χ1) is 8.23. The standard InChI is InChI=1S/C11H12F3N3O.ClH/c1-6(11(12,13)14)17-4-3-8-9(10(17)18)7(15)5-16(8)2;/h3-6H,15H2,1-2H3;1H. The molecule has 4 nitrogen and oxygen atoms in total. The Bertz CT molecular complexity index is 659. The van der Waals surface area contributed by atoms with E-state index in [1.54, 1.807) is 11.6 Å². The summed E-state index contributed by atoms with van der Waals surface area (Å²) < 4.78 is 40.1. The maximum atomic E-state index is 12.6. The third-order valence-electron chi connectivity index (χ3n) is 2.99. The van der Waals surface area contributed by atoms with Crippen LogP contribution >= 0.6 is 12.4 Å². The van der Waals surface area contributed by atoms with Crippen LogP contribution < -0.4 is 11.3 Å². The molecule has 2 N–H and O–H groups in total. The predicted octanol–water partition coefficient (Wildman–Crippen LogP) is 2.47. The Morgan fingerprint density at radius 3 is 2.47 bits per heavy atom. The number of rotatable bonds is 1. The minimum Gasteiger partial charge on any atom is -0.397 e. The van der Waals surface area contributed by atoms with Crippen LogP contribution in [0.5, 0.6) is 0 Å². The number of hydrogen-bond donors (Lipinski definition) is 1. The van der Waals surface area contributed by atoms with Crippen LogP contribution in [0.25, 0.3) is 10.9 Å². The van der Waals surface area contributed by atoms with Gasteiger partial charge < -0.3 is 14.9 Å². The molecule has 0 spiro atoms. The molecule has 0 fully saturated rings. The molecule has 0 bridgehead atoms. The molecule has 8 heteroatoms. The summed E-state index contributed by atoms with van der Waals surface area (Å²) in [5.74, 6) is 0. The zero-order valence-corrected chi connectivity index (χ0v) is 11.0. The zero-order valence-electron chi connectivity index (χ0n) is 10.2. The fourth-order valence-electron chi connectivity index (χ4n) is 1.91. The number of aryl methyl sites for hydroxylation is 1. The predicted molar refractivity (Wildman–Crippen MR) is 69.6 cm³/mol. The quantitative estimate of drug-likeness (QED) is 0.878. The van der Waals surface area contributed by atoms with E-state index in [-0.39, 0.29) is 23.5 Å². The highest BCUT2D eigenvalue weighted by Gasteiger charge is 2.38. The molecule has 0 radical (unpaired) electrons. The molecule has 2 aromatic heterocycles. The largest absolute Gasteiger partial charge is 0.408 e. The lowest BCUT2D eigenvalue weighted by Crippen LogP contribution is -2.32. The SMILES string of the molecule is CC(n1ccc2c(c(N)cn2C)c1=O)C(F)(F)F.Cl. The molecule has 1 atom stereocenters. The Morgan fingerprint density at radius 1 is 1.37 bits per heavy atom. The van der Waals surface area contributed by atoms with Crippen molar-refractivity contribution in [1.82, 2.24) is 9.13 Å². The number of aromatic nitrogens is 2. The number of fused-ring (bicyclic) bond motifs is 1. The van der Waals surface area contributed by atoms with Crippen molar-refractivity contribution in [3.05, 3.63) is 28.8 Å². The van der Waals surface area contributed by atoms with Gasteiger partial charge in [-0.25, -0.2) is 0 Å². The maximum Gasteiger partial charge on any atom is 0.408 e. The zero-order chi connectivity index (χ0) is 13.7. The van der Waals surface area contributed by atoms with Gasteiger partial charge in [0.05, 0.1) is 16.6 Å². The summed E-state index contributed by atoms with van der Waals surface area (Å²) in [6.07, 6.45) is -1.82. The van der Waals surface area contributed by atoms with Crippen LogP contribution in [-0.4, -0.2) is 15.3 Å². The molecule has 0 aliphatic rings. The summed E-state index contributed by atoms with van der Waals surface area (Å²) in [5.41, 5.74) is 5.61. The number of halogens is 4. The van der Waals surface area contributed by atoms with Gasteiger partial charge in [0.2, 0.25) is 0 Å². The second-order valence-electron chi connectivity index (χ2n) is 4.20. The van der Waals surface area contributed by atoms with Crippen molar-refractivity contribution in [2.75, 3.05) is 5.73 Å². The van der Waals surface area contributed by atoms with Gasteiger partial charge in [-0.1, -0.05) is 0 Å². The summed E-state index contributed by atoms with van der Waals surface area (Å²) in [7, 11) is 1.68. The first-order valence-electron chi connectivity index (χ1n) is 5.26. The highest BCUT2D eigenvalue weighted by molar-refractivity contribution is 5.90. The highest BCUT2D eigenvalue weighted by atomic mass is 35.5. The summed E-state index contributed by atoms with van der Waals surface area (Å²) in [6, 6.07) is -0.427. The lowest BCUT2D eigenvalue weighted by Gasteiger charge is -2.18. The molecule has 0 aromatic carbocycles. The van der Waals surface area contributed by atoms with E-state index in [2.05, 4.69) is 0 Å². The maximum absolute atomic E-state index is 12.6. The summed E-state index contributed by atoms with van der Waals surface area (Å²) in [4.78, 5) is 12.0. The number of hydrogen-bond acceptors (Lipinski definition) is 2. The second-order valence-corrected chi connectivity index (χ2v) is 4.20. The summed E-state index contributed by atoms with van der Waals surface area (Å²) >= 11 is 0. The van der Waals surface area contributed by atoms with Crippen LogP contribution in [0, 0.1) is 0 Å². The first kappa shape index (κ1) is 15.4. The molecule has 0 aliphatic heterocycles. The minimum atomic E-state index is -4.47. The molecule has 0 saturated carbocycles. The van der Waals surface area contributed by atoms with E-state index in [9.17, 15) is 18.0 Å². The van der Waals surface area contributed by atoms with Crippen molar-refractivity contribution in [1.29, 1.82) is 0 Å². The monoisotopic (exact) mass is 295 g/mol. The topological polar surface area (TPSA) is 52.9 Å². The van der Waals surface area contributed by atoms with Crippen molar-refractivity contribution in [2.45, 2.75) is 19.1 Å². The smallest absolute Gasteiger partial charge is 0.397 e. The Kier molecular flexibility index (Phi) is 3.90. The van der Waals surface area contributed by atoms with Crippen molar-refractivity contribution >= 4 is 29.0 Å². The van der Waals surface area contributed by atoms with Crippen molar-refractivity contribution < 1.29 is 13.2 Å². The van der Waals surface area contributed by atoms with E-state index in [0.717, 1.165) is 13.1 Å². The van der Waals surface area contributed by atoms with Gasteiger partial charge in [-0.3, -0.25) is 4.79 Å². The number of nitrogen functional groups attached to an aromatic ring is 1. The lowest BCUT2D eigenvalue weighted by atomic mass is 10.2. The normalized spacial score (nSPS) is 13.3. The Morgan fingerprint density at radius 2 is 1.95 bits per heavy atom. The van der Waals surface area contributed by atoms with Crippen molar-refractivity contribution in [3.8, 4) is 0 Å². The van der Waals surface area contributed by atoms with E-state index in [1.165, 1.54) is 12.3 Å². The molecule has 0 amide bonds. The van der Waals surface area contributed by atoms with Crippen LogP contribution in [0.1, 0.15) is 13.0 Å². The van der Waals surface area contributed by atoms with E-state index in [4.69, 9.17) is 5.73 Å². The van der Waals surface area contributed by atoms with Gasteiger partial charge in [-0.2, -0.15) is 13.2 Å². The van der Waals surface area contributed by atoms with Gasteiger partial charge in [0.25, 0.3) is 5.56 Å². The molecular formula is C11H13ClF3N3O. The van der Waals surface area contributed by atoms with Crippen molar-refractivity contribution in [3.63, 3.8) is 0 Å². The van der Waals surface area contributed by atoms with Gasteiger partial charge in [-0.05, 0) is 13.0 Å². The number of alkyl halides is 3. The molecule has 0 saturated heterocycles. The highest BCUT2D eigenvalue weighted by Crippen LogP contribution is 2.29. The summed E-state index contributed by atoms with van der Waals surface area (Å²) in [5, 5.41) is 0.121. The molecule has 2 rings (SSSR count). The van der Waals surface area contributed by atoms with Crippen LogP contribution in [-0.2, 0) is 7.05 Å². The van der Waals surface area contributed by atoms with E-state index >= 15 is 0 Å². The van der Waals surface area contributed by atoms with Gasteiger partial charge in [0, 0.05) is 19.4 Å². The van der Waals surface area contributed by atoms with E-state index < -0.39 is 17.8 Å². The van der Waals surface area contributed by atoms with E-state index in [1.807, 2.05) is 0 Å². The third kappa shape index (κ3) is 2.42. The van der Waals surface area contributed by atoms with Gasteiger partial charge in [0.15, 0.2) is 0 Å². The van der Waals surface area contributed by atoms with E-state index in [0.29, 0.717) is 10.1 Å². The average Bonchev–Trinajstić information content (AvgIpc) is 2.53. The molecule has 1 unspecified atom stereocenters. The third-order valence-corrected chi connectivity index (χ3v) is 2.99. The van der Waals surface area contributed by atoms with Crippen LogP contribution in [0.4, 0.5) is 18.9 Å². The number of anilines is 1. The number of nitrogens with zero attached hydrogens (tertiary/aromatic N) is 2. The molecule has 2 aromatic rings. The average molecular weight is 296 g/mol. The van der Waals surface area contributed by atoms with Crippen LogP contribution in [0.3, 0.4) is 0 Å². The second kappa shape index (κ2) is 4.80. The molecule has 106 valence electrons. The van der Waals surface area contributed by atoms with Gasteiger partial charge >= 0.3 is 6.18 Å². The van der Waals surface area contributed by atoms with Crippen molar-refractivity contribution in [2.24, 2.45) is 7.05 Å². The van der Waals surface area contributed by atoms with Gasteiger partial charge in [0.1, 0.15) is 6.04 Å². The van der Waals surface area contributed by atoms with Crippen LogP contribution in [0.2, 0.25) is 0 Å². The Balaban J connectivity index is 0.00000180. The molecule has 2 heterocycles. The lowest BCUT2D eigenvalue weighted by molar-refractivity contribution is -0.163. The fourth-order valence-corrected chi connectivity index (χ4v) is 1.91. The fraction of sp³-hybridized carbons (Fsp3) is 0.364. The summed E-state index contributed by atoms with van der Waals surface area (Å²) in [6.45, 7) is 0.937. The molecule has 19 heavy (non-hydrogen) atoms. The number of pyridine rings is 1. The minimum absolute atomic E-state index is 0. The molecule has 0 aliphatic carbocycles. The van der Waals surface area contributed by atoms with Gasteiger partial charge in [-0.15, -0.1) is 12.4 Å². The number of nitrogens with two attached hydrogens (primary N) is 1. The Labute approximate surface area is 113 Å². The first-order valence-corrected chi connectivity index (χ1v) is 5.26. The van der Waals surface area contributed by atoms with Crippen LogP contribution in [0.15, 0.2) is 23.3 Å². The molecular weight excluding hydrogens is 283 g/mol.